The number of hydrazine groups is 1. The van der Waals surface area contributed by atoms with Gasteiger partial charge in [0.2, 0.25) is 5.91 Å². The van der Waals surface area contributed by atoms with Crippen LogP contribution in [0.4, 0.5) is 4.79 Å². The number of furan rings is 1. The number of hydrogen-bond acceptors (Lipinski definition) is 5. The zero-order chi connectivity index (χ0) is 16.2. The molecule has 4 amide bonds. The van der Waals surface area contributed by atoms with Crippen LogP contribution in [-0.4, -0.2) is 29.4 Å². The number of carbonyl (C=O) groups is 3. The molecule has 0 atom stereocenters. The Labute approximate surface area is 136 Å². The highest BCUT2D eigenvalue weighted by molar-refractivity contribution is 7.98. The summed E-state index contributed by atoms with van der Waals surface area (Å²) in [4.78, 5) is 35.5. The van der Waals surface area contributed by atoms with Crippen LogP contribution in [0.15, 0.2) is 51.8 Å². The van der Waals surface area contributed by atoms with Crippen LogP contribution in [0.2, 0.25) is 0 Å². The molecule has 0 unspecified atom stereocenters. The van der Waals surface area contributed by atoms with Crippen molar-refractivity contribution in [1.29, 1.82) is 0 Å². The molecule has 1 aromatic carbocycles. The predicted molar refractivity (Wildman–Crippen MR) is 82.4 cm³/mol. The minimum absolute atomic E-state index is 0.0841. The van der Waals surface area contributed by atoms with Gasteiger partial charge in [0, 0.05) is 4.90 Å². The van der Waals surface area contributed by atoms with Gasteiger partial charge in [-0.15, -0.1) is 11.8 Å². The first kappa shape index (κ1) is 15.2. The van der Waals surface area contributed by atoms with Crippen LogP contribution in [0.5, 0.6) is 0 Å². The van der Waals surface area contributed by atoms with E-state index < -0.39 is 17.8 Å². The highest BCUT2D eigenvalue weighted by Gasteiger charge is 2.29. The van der Waals surface area contributed by atoms with Crippen molar-refractivity contribution in [1.82, 2.24) is 15.8 Å². The quantitative estimate of drug-likeness (QED) is 0.643. The van der Waals surface area contributed by atoms with Crippen LogP contribution < -0.4 is 10.7 Å². The second-order valence-electron chi connectivity index (χ2n) is 4.75. The number of urea groups is 1. The number of thioether (sulfide) groups is 1. The molecule has 2 aromatic rings. The van der Waals surface area contributed by atoms with Crippen molar-refractivity contribution < 1.29 is 18.8 Å². The van der Waals surface area contributed by atoms with E-state index in [1.54, 1.807) is 17.8 Å². The monoisotopic (exact) mass is 331 g/mol. The Kier molecular flexibility index (Phi) is 4.33. The summed E-state index contributed by atoms with van der Waals surface area (Å²) in [5.74, 6) is 0.271. The molecule has 2 heterocycles. The topological polar surface area (TPSA) is 91.7 Å². The van der Waals surface area contributed by atoms with Crippen molar-refractivity contribution in [2.45, 2.75) is 10.6 Å². The molecule has 2 N–H and O–H groups in total. The summed E-state index contributed by atoms with van der Waals surface area (Å²) in [7, 11) is 0. The van der Waals surface area contributed by atoms with Crippen LogP contribution in [0, 0.1) is 0 Å². The summed E-state index contributed by atoms with van der Waals surface area (Å²) in [6, 6.07) is 12.4. The van der Waals surface area contributed by atoms with E-state index in [2.05, 4.69) is 10.7 Å². The number of nitrogens with one attached hydrogen (secondary N) is 2. The first-order chi connectivity index (χ1) is 11.1. The van der Waals surface area contributed by atoms with Gasteiger partial charge in [-0.05, 0) is 24.3 Å². The lowest BCUT2D eigenvalue weighted by molar-refractivity contribution is -0.118. The molecule has 0 spiro atoms. The molecule has 1 saturated heterocycles. The second-order valence-corrected chi connectivity index (χ2v) is 5.80. The summed E-state index contributed by atoms with van der Waals surface area (Å²) < 4.78 is 5.46. The molecule has 1 aromatic heterocycles. The number of rotatable bonds is 5. The maximum absolute atomic E-state index is 12.0. The molecular formula is C15H13N3O4S. The van der Waals surface area contributed by atoms with E-state index in [1.807, 2.05) is 30.3 Å². The van der Waals surface area contributed by atoms with Crippen molar-refractivity contribution in [3.63, 3.8) is 0 Å². The Morgan fingerprint density at radius 2 is 2.00 bits per heavy atom. The van der Waals surface area contributed by atoms with Crippen LogP contribution in [0.1, 0.15) is 16.3 Å². The molecule has 0 bridgehead atoms. The zero-order valence-corrected chi connectivity index (χ0v) is 12.8. The molecule has 8 heteroatoms. The van der Waals surface area contributed by atoms with Gasteiger partial charge in [0.05, 0.1) is 5.75 Å². The fourth-order valence-corrected chi connectivity index (χ4v) is 2.77. The molecule has 3 rings (SSSR count). The minimum Gasteiger partial charge on any atom is -0.455 e. The predicted octanol–water partition coefficient (Wildman–Crippen LogP) is 1.77. The maximum atomic E-state index is 12.0. The number of benzene rings is 1. The van der Waals surface area contributed by atoms with E-state index in [1.165, 1.54) is 6.07 Å². The van der Waals surface area contributed by atoms with Crippen molar-refractivity contribution in [2.24, 2.45) is 0 Å². The van der Waals surface area contributed by atoms with E-state index in [9.17, 15) is 14.4 Å². The fraction of sp³-hybridized carbons (Fsp3) is 0.133. The standard InChI is InChI=1S/C15H13N3O4S/c19-13-8-18(15(21)16-13)17-14(20)12-7-6-10(22-12)9-23-11-4-2-1-3-5-11/h1-7H,8-9H2,(H,17,20)(H,16,19,21). The molecule has 0 saturated carbocycles. The maximum Gasteiger partial charge on any atom is 0.343 e. The average Bonchev–Trinajstić information content (AvgIpc) is 3.13. The van der Waals surface area contributed by atoms with Gasteiger partial charge in [-0.25, -0.2) is 9.80 Å². The number of carbonyl (C=O) groups excluding carboxylic acids is 3. The van der Waals surface area contributed by atoms with Crippen molar-refractivity contribution in [3.05, 3.63) is 54.0 Å². The molecular weight excluding hydrogens is 318 g/mol. The Morgan fingerprint density at radius 1 is 1.22 bits per heavy atom. The minimum atomic E-state index is -0.658. The van der Waals surface area contributed by atoms with Crippen LogP contribution in [0.25, 0.3) is 0 Å². The van der Waals surface area contributed by atoms with Crippen LogP contribution >= 0.6 is 11.8 Å². The third kappa shape index (κ3) is 3.72. The summed E-state index contributed by atoms with van der Waals surface area (Å²) in [5, 5.41) is 2.98. The summed E-state index contributed by atoms with van der Waals surface area (Å²) in [6.07, 6.45) is 0. The SMILES string of the molecule is O=C1CN(NC(=O)c2ccc(CSc3ccccc3)o2)C(=O)N1. The average molecular weight is 331 g/mol. The summed E-state index contributed by atoms with van der Waals surface area (Å²) in [5.41, 5.74) is 2.32. The van der Waals surface area contributed by atoms with Gasteiger partial charge in [-0.2, -0.15) is 0 Å². The Bertz CT molecular complexity index is 744. The van der Waals surface area contributed by atoms with Crippen LogP contribution in [0.3, 0.4) is 0 Å². The zero-order valence-electron chi connectivity index (χ0n) is 11.9. The highest BCUT2D eigenvalue weighted by atomic mass is 32.2. The van der Waals surface area contributed by atoms with Crippen molar-refractivity contribution in [3.8, 4) is 0 Å². The fourth-order valence-electron chi connectivity index (χ4n) is 1.96. The van der Waals surface area contributed by atoms with Gasteiger partial charge in [-0.3, -0.25) is 20.3 Å². The summed E-state index contributed by atoms with van der Waals surface area (Å²) >= 11 is 1.59. The van der Waals surface area contributed by atoms with Gasteiger partial charge < -0.3 is 4.42 Å². The molecule has 118 valence electrons. The van der Waals surface area contributed by atoms with E-state index >= 15 is 0 Å². The van der Waals surface area contributed by atoms with Crippen molar-refractivity contribution >= 4 is 29.6 Å². The smallest absolute Gasteiger partial charge is 0.343 e. The van der Waals surface area contributed by atoms with Gasteiger partial charge >= 0.3 is 11.9 Å². The molecule has 0 radical (unpaired) electrons. The first-order valence-electron chi connectivity index (χ1n) is 6.81. The Balaban J connectivity index is 1.57. The molecule has 7 nitrogen and oxygen atoms in total. The summed E-state index contributed by atoms with van der Waals surface area (Å²) in [6.45, 7) is -0.206. The molecule has 1 aliphatic rings. The van der Waals surface area contributed by atoms with E-state index in [4.69, 9.17) is 4.42 Å². The number of nitrogens with zero attached hydrogens (tertiary/aromatic N) is 1. The normalized spacial score (nSPS) is 14.0. The lowest BCUT2D eigenvalue weighted by Gasteiger charge is -2.12. The van der Waals surface area contributed by atoms with Gasteiger partial charge in [0.1, 0.15) is 12.3 Å². The number of amides is 4. The first-order valence-corrected chi connectivity index (χ1v) is 7.79. The van der Waals surface area contributed by atoms with Gasteiger partial charge in [-0.1, -0.05) is 18.2 Å². The van der Waals surface area contributed by atoms with Crippen molar-refractivity contribution in [2.75, 3.05) is 6.54 Å². The number of hydrogen-bond donors (Lipinski definition) is 2. The molecule has 1 fully saturated rings. The molecule has 1 aliphatic heterocycles. The third-order valence-electron chi connectivity index (χ3n) is 3.04. The van der Waals surface area contributed by atoms with E-state index in [-0.39, 0.29) is 12.3 Å². The lowest BCUT2D eigenvalue weighted by atomic mass is 10.4. The van der Waals surface area contributed by atoms with E-state index in [0.717, 1.165) is 9.90 Å². The van der Waals surface area contributed by atoms with E-state index in [0.29, 0.717) is 11.5 Å². The highest BCUT2D eigenvalue weighted by Crippen LogP contribution is 2.23. The largest absolute Gasteiger partial charge is 0.455 e. The van der Waals surface area contributed by atoms with Gasteiger partial charge in [0.25, 0.3) is 0 Å². The van der Waals surface area contributed by atoms with Gasteiger partial charge in [0.15, 0.2) is 5.76 Å². The third-order valence-corrected chi connectivity index (χ3v) is 4.07. The van der Waals surface area contributed by atoms with Crippen LogP contribution in [-0.2, 0) is 10.5 Å². The second kappa shape index (κ2) is 6.57. The molecule has 23 heavy (non-hydrogen) atoms. The Morgan fingerprint density at radius 3 is 2.70 bits per heavy atom. The Hall–Kier alpha value is -2.74. The number of imide groups is 1. The molecule has 0 aliphatic carbocycles. The lowest BCUT2D eigenvalue weighted by Crippen LogP contribution is -2.44.